The molecule has 0 aliphatic heterocycles. The van der Waals surface area contributed by atoms with Crippen molar-refractivity contribution < 1.29 is 22.7 Å². The number of alkyl halides is 3. The third kappa shape index (κ3) is 3.41. The minimum Gasteiger partial charge on any atom is -0.460 e. The van der Waals surface area contributed by atoms with E-state index in [1.807, 2.05) is 0 Å². The molecule has 1 heterocycles. The minimum absolute atomic E-state index is 0.0175. The van der Waals surface area contributed by atoms with Crippen LogP contribution in [0.3, 0.4) is 0 Å². The van der Waals surface area contributed by atoms with Crippen LogP contribution in [-0.2, 0) is 10.9 Å². The van der Waals surface area contributed by atoms with E-state index in [0.717, 1.165) is 6.07 Å². The highest BCUT2D eigenvalue weighted by atomic mass is 79.9. The van der Waals surface area contributed by atoms with Crippen LogP contribution in [0, 0.1) is 0 Å². The average molecular weight is 364 g/mol. The Labute approximate surface area is 125 Å². The zero-order chi connectivity index (χ0) is 15.6. The van der Waals surface area contributed by atoms with Gasteiger partial charge in [0.15, 0.2) is 5.82 Å². The Kier molecular flexibility index (Phi) is 4.31. The highest BCUT2D eigenvalue weighted by molar-refractivity contribution is 9.10. The molecule has 1 aromatic heterocycles. The van der Waals surface area contributed by atoms with Crippen molar-refractivity contribution in [2.75, 3.05) is 6.61 Å². The molecular weight excluding hydrogens is 355 g/mol. The van der Waals surface area contributed by atoms with Crippen molar-refractivity contribution in [1.29, 1.82) is 0 Å². The summed E-state index contributed by atoms with van der Waals surface area (Å²) in [5.41, 5.74) is -0.709. The van der Waals surface area contributed by atoms with Gasteiger partial charge in [0.2, 0.25) is 5.82 Å². The summed E-state index contributed by atoms with van der Waals surface area (Å²) >= 11 is 2.85. The number of carbonyl (C=O) groups is 1. The first-order chi connectivity index (χ1) is 9.82. The van der Waals surface area contributed by atoms with E-state index in [1.165, 1.54) is 12.1 Å². The number of carbonyl (C=O) groups excluding carboxylic acids is 1. The fourth-order valence-corrected chi connectivity index (χ4v) is 2.03. The molecule has 0 spiro atoms. The summed E-state index contributed by atoms with van der Waals surface area (Å²) < 4.78 is 43.1. The van der Waals surface area contributed by atoms with Gasteiger partial charge in [-0.3, -0.25) is 5.10 Å². The number of hydrogen-bond donors (Lipinski definition) is 1. The average Bonchev–Trinajstić information content (AvgIpc) is 2.88. The monoisotopic (exact) mass is 363 g/mol. The summed E-state index contributed by atoms with van der Waals surface area (Å²) in [5.74, 6) is -0.899. The van der Waals surface area contributed by atoms with Gasteiger partial charge in [0.05, 0.1) is 12.2 Å². The molecule has 0 amide bonds. The van der Waals surface area contributed by atoms with Crippen LogP contribution in [0.15, 0.2) is 22.7 Å². The summed E-state index contributed by atoms with van der Waals surface area (Å²) in [4.78, 5) is 15.3. The van der Waals surface area contributed by atoms with E-state index in [2.05, 4.69) is 31.1 Å². The number of nitrogens with one attached hydrogen (secondary N) is 1. The van der Waals surface area contributed by atoms with Gasteiger partial charge in [0.1, 0.15) is 0 Å². The van der Waals surface area contributed by atoms with E-state index < -0.39 is 17.7 Å². The lowest BCUT2D eigenvalue weighted by molar-refractivity contribution is -0.138. The molecular formula is C12H9BrF3N3O2. The van der Waals surface area contributed by atoms with Crippen LogP contribution >= 0.6 is 15.9 Å². The Balaban J connectivity index is 2.37. The van der Waals surface area contributed by atoms with Crippen LogP contribution < -0.4 is 0 Å². The first kappa shape index (κ1) is 15.5. The molecule has 5 nitrogen and oxygen atoms in total. The molecule has 2 aromatic rings. The topological polar surface area (TPSA) is 67.9 Å². The first-order valence-corrected chi connectivity index (χ1v) is 6.59. The van der Waals surface area contributed by atoms with Gasteiger partial charge < -0.3 is 4.74 Å². The predicted molar refractivity (Wildman–Crippen MR) is 70.5 cm³/mol. The number of rotatable bonds is 3. The Morgan fingerprint density at radius 3 is 2.76 bits per heavy atom. The van der Waals surface area contributed by atoms with Crippen molar-refractivity contribution >= 4 is 21.9 Å². The van der Waals surface area contributed by atoms with E-state index in [1.54, 1.807) is 6.92 Å². The lowest BCUT2D eigenvalue weighted by Crippen LogP contribution is -2.07. The third-order valence-electron chi connectivity index (χ3n) is 2.48. The van der Waals surface area contributed by atoms with Crippen molar-refractivity contribution in [3.8, 4) is 11.4 Å². The molecule has 21 heavy (non-hydrogen) atoms. The van der Waals surface area contributed by atoms with Gasteiger partial charge in [-0.15, -0.1) is 0 Å². The molecule has 0 saturated carbocycles. The molecule has 0 fully saturated rings. The number of esters is 1. The number of H-pyrrole nitrogens is 1. The SMILES string of the molecule is CCOC(=O)c1nc(-c2ccc(Br)c(C(F)(F)F)c2)n[nH]1. The summed E-state index contributed by atoms with van der Waals surface area (Å²) in [7, 11) is 0. The van der Waals surface area contributed by atoms with Gasteiger partial charge >= 0.3 is 12.1 Å². The van der Waals surface area contributed by atoms with Gasteiger partial charge in [-0.25, -0.2) is 9.78 Å². The molecule has 0 radical (unpaired) electrons. The smallest absolute Gasteiger partial charge is 0.417 e. The maximum absolute atomic E-state index is 12.8. The molecule has 112 valence electrons. The maximum atomic E-state index is 12.8. The highest BCUT2D eigenvalue weighted by Gasteiger charge is 2.33. The summed E-state index contributed by atoms with van der Waals surface area (Å²) in [6.07, 6.45) is -4.50. The number of benzene rings is 1. The zero-order valence-corrected chi connectivity index (χ0v) is 12.2. The van der Waals surface area contributed by atoms with Gasteiger partial charge in [-0.05, 0) is 25.1 Å². The van der Waals surface area contributed by atoms with Crippen LogP contribution in [0.5, 0.6) is 0 Å². The van der Waals surface area contributed by atoms with Crippen molar-refractivity contribution in [1.82, 2.24) is 15.2 Å². The van der Waals surface area contributed by atoms with Crippen LogP contribution in [0.1, 0.15) is 23.1 Å². The fraction of sp³-hybridized carbons (Fsp3) is 0.250. The van der Waals surface area contributed by atoms with Gasteiger partial charge in [-0.2, -0.15) is 18.3 Å². The number of aromatic amines is 1. The number of halogens is 4. The second-order valence-corrected chi connectivity index (χ2v) is 4.77. The Hall–Kier alpha value is -1.90. The lowest BCUT2D eigenvalue weighted by Gasteiger charge is -2.09. The Bertz CT molecular complexity index is 670. The summed E-state index contributed by atoms with van der Waals surface area (Å²) in [6, 6.07) is 3.57. The molecule has 0 unspecified atom stereocenters. The first-order valence-electron chi connectivity index (χ1n) is 5.79. The molecule has 9 heteroatoms. The quantitative estimate of drug-likeness (QED) is 0.848. The predicted octanol–water partition coefficient (Wildman–Crippen LogP) is 3.43. The van der Waals surface area contributed by atoms with Crippen molar-refractivity contribution in [2.45, 2.75) is 13.1 Å². The second kappa shape index (κ2) is 5.84. The van der Waals surface area contributed by atoms with Crippen molar-refractivity contribution in [2.24, 2.45) is 0 Å². The van der Waals surface area contributed by atoms with E-state index in [-0.39, 0.29) is 28.3 Å². The van der Waals surface area contributed by atoms with Gasteiger partial charge in [0, 0.05) is 10.0 Å². The van der Waals surface area contributed by atoms with Crippen molar-refractivity contribution in [3.63, 3.8) is 0 Å². The molecule has 0 atom stereocenters. The molecule has 0 saturated heterocycles. The largest absolute Gasteiger partial charge is 0.460 e. The molecule has 1 N–H and O–H groups in total. The summed E-state index contributed by atoms with van der Waals surface area (Å²) in [5, 5.41) is 6.06. The standard InChI is InChI=1S/C12H9BrF3N3O2/c1-2-21-11(20)10-17-9(18-19-10)6-3-4-8(13)7(5-6)12(14,15)16/h3-5H,2H2,1H3,(H,17,18,19). The van der Waals surface area contributed by atoms with Crippen LogP contribution in [-0.4, -0.2) is 27.8 Å². The Morgan fingerprint density at radius 2 is 2.14 bits per heavy atom. The molecule has 0 bridgehead atoms. The summed E-state index contributed by atoms with van der Waals surface area (Å²) in [6.45, 7) is 1.78. The third-order valence-corrected chi connectivity index (χ3v) is 3.18. The van der Waals surface area contributed by atoms with E-state index in [4.69, 9.17) is 4.74 Å². The maximum Gasteiger partial charge on any atom is 0.417 e. The number of hydrogen-bond acceptors (Lipinski definition) is 4. The number of aromatic nitrogens is 3. The highest BCUT2D eigenvalue weighted by Crippen LogP contribution is 2.36. The van der Waals surface area contributed by atoms with Crippen LogP contribution in [0.4, 0.5) is 13.2 Å². The van der Waals surface area contributed by atoms with Gasteiger partial charge in [-0.1, -0.05) is 15.9 Å². The van der Waals surface area contributed by atoms with E-state index in [9.17, 15) is 18.0 Å². The van der Waals surface area contributed by atoms with Crippen LogP contribution in [0.2, 0.25) is 0 Å². The minimum atomic E-state index is -4.50. The lowest BCUT2D eigenvalue weighted by atomic mass is 10.1. The number of nitrogens with zero attached hydrogens (tertiary/aromatic N) is 2. The molecule has 0 aliphatic rings. The normalized spacial score (nSPS) is 11.5. The zero-order valence-electron chi connectivity index (χ0n) is 10.7. The van der Waals surface area contributed by atoms with E-state index in [0.29, 0.717) is 0 Å². The fourth-order valence-electron chi connectivity index (χ4n) is 1.56. The molecule has 0 aliphatic carbocycles. The Morgan fingerprint density at radius 1 is 1.43 bits per heavy atom. The van der Waals surface area contributed by atoms with Gasteiger partial charge in [0.25, 0.3) is 0 Å². The van der Waals surface area contributed by atoms with E-state index >= 15 is 0 Å². The van der Waals surface area contributed by atoms with Crippen molar-refractivity contribution in [3.05, 3.63) is 34.1 Å². The van der Waals surface area contributed by atoms with Crippen LogP contribution in [0.25, 0.3) is 11.4 Å². The second-order valence-electron chi connectivity index (χ2n) is 3.92. The molecule has 1 aromatic carbocycles. The number of ether oxygens (including phenoxy) is 1. The molecule has 2 rings (SSSR count).